The van der Waals surface area contributed by atoms with Crippen molar-refractivity contribution in [1.29, 1.82) is 0 Å². The lowest BCUT2D eigenvalue weighted by atomic mass is 9.92. The molecule has 0 unspecified atom stereocenters. The number of nitrogens with one attached hydrogen (secondary N) is 1. The maximum absolute atomic E-state index is 12.0. The molecule has 0 radical (unpaired) electrons. The lowest BCUT2D eigenvalue weighted by molar-refractivity contribution is -0.140. The molecule has 0 aliphatic heterocycles. The lowest BCUT2D eigenvalue weighted by Gasteiger charge is -2.25. The smallest absolute Gasteiger partial charge is 0.265 e. The van der Waals surface area contributed by atoms with Gasteiger partial charge in [-0.25, -0.2) is 13.1 Å². The van der Waals surface area contributed by atoms with Crippen LogP contribution in [0.25, 0.3) is 0 Å². The van der Waals surface area contributed by atoms with Gasteiger partial charge in [0, 0.05) is 0 Å². The molecule has 1 rings (SSSR count). The number of hydrogen-bond donors (Lipinski definition) is 2. The lowest BCUT2D eigenvalue weighted by Crippen LogP contribution is -2.49. The highest BCUT2D eigenvalue weighted by atomic mass is 32.2. The molecule has 0 heterocycles. The number of aliphatic hydroxyl groups is 1. The van der Waals surface area contributed by atoms with Gasteiger partial charge in [0.25, 0.3) is 15.9 Å². The van der Waals surface area contributed by atoms with Gasteiger partial charge in [-0.3, -0.25) is 4.79 Å². The highest BCUT2D eigenvalue weighted by Crippen LogP contribution is 2.18. The van der Waals surface area contributed by atoms with E-state index in [1.807, 2.05) is 11.6 Å². The number of amides is 1. The highest BCUT2D eigenvalue weighted by molar-refractivity contribution is 7.90. The molecule has 5 nitrogen and oxygen atoms in total. The fourth-order valence-corrected chi connectivity index (χ4v) is 2.33. The first-order chi connectivity index (χ1) is 8.57. The summed E-state index contributed by atoms with van der Waals surface area (Å²) < 4.78 is 25.9. The average Bonchev–Trinajstić information content (AvgIpc) is 2.28. The first kappa shape index (κ1) is 15.7. The Bertz CT molecular complexity index is 559. The Morgan fingerprint density at radius 1 is 1.26 bits per heavy atom. The fourth-order valence-electron chi connectivity index (χ4n) is 1.26. The normalized spacial score (nSPS) is 15.1. The van der Waals surface area contributed by atoms with Crippen LogP contribution in [0.4, 0.5) is 0 Å². The van der Waals surface area contributed by atoms with Crippen LogP contribution in [0.1, 0.15) is 26.3 Å². The van der Waals surface area contributed by atoms with Crippen LogP contribution < -0.4 is 4.72 Å². The van der Waals surface area contributed by atoms with Crippen molar-refractivity contribution < 1.29 is 18.3 Å². The van der Waals surface area contributed by atoms with Gasteiger partial charge in [-0.05, 0) is 31.9 Å². The topological polar surface area (TPSA) is 83.5 Å². The molecule has 0 saturated heterocycles. The minimum absolute atomic E-state index is 0.00833. The molecule has 6 heteroatoms. The van der Waals surface area contributed by atoms with Gasteiger partial charge >= 0.3 is 0 Å². The monoisotopic (exact) mass is 285 g/mol. The number of sulfonamides is 1. The van der Waals surface area contributed by atoms with Crippen molar-refractivity contribution in [3.63, 3.8) is 0 Å². The molecule has 1 atom stereocenters. The Morgan fingerprint density at radius 3 is 2.16 bits per heavy atom. The summed E-state index contributed by atoms with van der Waals surface area (Å²) in [5.41, 5.74) is -0.822. The second-order valence-electron chi connectivity index (χ2n) is 5.05. The van der Waals surface area contributed by atoms with Crippen molar-refractivity contribution in [3.05, 3.63) is 29.8 Å². The number of rotatable bonds is 4. The summed E-state index contributed by atoms with van der Waals surface area (Å²) in [5.74, 6) is -1.33. The minimum Gasteiger partial charge on any atom is -0.380 e. The van der Waals surface area contributed by atoms with E-state index in [2.05, 4.69) is 0 Å². The van der Waals surface area contributed by atoms with Crippen molar-refractivity contribution in [2.45, 2.75) is 38.2 Å². The van der Waals surface area contributed by atoms with Gasteiger partial charge in [0.05, 0.1) is 4.90 Å². The van der Waals surface area contributed by atoms with E-state index in [9.17, 15) is 18.3 Å². The number of hydrogen-bond acceptors (Lipinski definition) is 4. The molecular formula is C13H19NO4S. The number of benzene rings is 1. The van der Waals surface area contributed by atoms with Crippen LogP contribution in [0.5, 0.6) is 0 Å². The van der Waals surface area contributed by atoms with E-state index < -0.39 is 27.4 Å². The Balaban J connectivity index is 2.98. The second-order valence-corrected chi connectivity index (χ2v) is 6.73. The van der Waals surface area contributed by atoms with Crippen molar-refractivity contribution in [1.82, 2.24) is 4.72 Å². The summed E-state index contributed by atoms with van der Waals surface area (Å²) in [4.78, 5) is 11.8. The maximum atomic E-state index is 12.0. The second kappa shape index (κ2) is 5.30. The van der Waals surface area contributed by atoms with E-state index in [1.54, 1.807) is 26.0 Å². The van der Waals surface area contributed by atoms with E-state index in [0.717, 1.165) is 5.56 Å². The van der Waals surface area contributed by atoms with E-state index >= 15 is 0 Å². The Morgan fingerprint density at radius 2 is 1.74 bits per heavy atom. The van der Waals surface area contributed by atoms with Crippen molar-refractivity contribution >= 4 is 15.9 Å². The van der Waals surface area contributed by atoms with Gasteiger partial charge in [-0.2, -0.15) is 0 Å². The van der Waals surface area contributed by atoms with Gasteiger partial charge in [0.1, 0.15) is 5.60 Å². The minimum atomic E-state index is -3.95. The molecule has 1 aromatic carbocycles. The van der Waals surface area contributed by atoms with Crippen LogP contribution in [0.2, 0.25) is 0 Å². The zero-order valence-corrected chi connectivity index (χ0v) is 12.3. The Kier molecular flexibility index (Phi) is 4.37. The third-order valence-corrected chi connectivity index (χ3v) is 4.49. The summed E-state index contributed by atoms with van der Waals surface area (Å²) in [6.07, 6.45) is 0. The van der Waals surface area contributed by atoms with E-state index in [-0.39, 0.29) is 4.90 Å². The molecule has 1 amide bonds. The van der Waals surface area contributed by atoms with Crippen LogP contribution in [-0.2, 0) is 14.8 Å². The van der Waals surface area contributed by atoms with Crippen LogP contribution in [0.3, 0.4) is 0 Å². The number of aryl methyl sites for hydroxylation is 1. The summed E-state index contributed by atoms with van der Waals surface area (Å²) in [6.45, 7) is 6.40. The molecule has 0 spiro atoms. The summed E-state index contributed by atoms with van der Waals surface area (Å²) in [6, 6.07) is 6.10. The van der Waals surface area contributed by atoms with Crippen LogP contribution in [0.15, 0.2) is 29.2 Å². The molecule has 106 valence electrons. The molecular weight excluding hydrogens is 266 g/mol. The van der Waals surface area contributed by atoms with Gasteiger partial charge < -0.3 is 5.11 Å². The maximum Gasteiger partial charge on any atom is 0.265 e. The van der Waals surface area contributed by atoms with Crippen molar-refractivity contribution in [2.24, 2.45) is 5.92 Å². The predicted octanol–water partition coefficient (Wildman–Crippen LogP) is 1.21. The van der Waals surface area contributed by atoms with E-state index in [1.165, 1.54) is 19.1 Å². The van der Waals surface area contributed by atoms with Gasteiger partial charge in [0.2, 0.25) is 0 Å². The number of carbonyl (C=O) groups excluding carboxylic acids is 1. The summed E-state index contributed by atoms with van der Waals surface area (Å²) >= 11 is 0. The first-order valence-electron chi connectivity index (χ1n) is 5.93. The van der Waals surface area contributed by atoms with E-state index in [4.69, 9.17) is 0 Å². The fraction of sp³-hybridized carbons (Fsp3) is 0.462. The zero-order chi connectivity index (χ0) is 14.8. The van der Waals surface area contributed by atoms with E-state index in [0.29, 0.717) is 0 Å². The van der Waals surface area contributed by atoms with Gasteiger partial charge in [-0.15, -0.1) is 0 Å². The third kappa shape index (κ3) is 3.54. The average molecular weight is 285 g/mol. The van der Waals surface area contributed by atoms with Crippen molar-refractivity contribution in [3.8, 4) is 0 Å². The van der Waals surface area contributed by atoms with Crippen molar-refractivity contribution in [2.75, 3.05) is 0 Å². The predicted molar refractivity (Wildman–Crippen MR) is 72.0 cm³/mol. The largest absolute Gasteiger partial charge is 0.380 e. The molecule has 0 aliphatic carbocycles. The Hall–Kier alpha value is -1.40. The van der Waals surface area contributed by atoms with Crippen LogP contribution >= 0.6 is 0 Å². The molecule has 1 aromatic rings. The number of carbonyl (C=O) groups is 1. The Labute approximate surface area is 113 Å². The molecule has 0 aromatic heterocycles. The third-order valence-electron chi connectivity index (χ3n) is 3.14. The molecule has 0 fully saturated rings. The van der Waals surface area contributed by atoms with Gasteiger partial charge in [0.15, 0.2) is 0 Å². The van der Waals surface area contributed by atoms with Crippen LogP contribution in [-0.4, -0.2) is 25.0 Å². The quantitative estimate of drug-likeness (QED) is 0.871. The highest BCUT2D eigenvalue weighted by Gasteiger charge is 2.36. The molecule has 19 heavy (non-hydrogen) atoms. The SMILES string of the molecule is Cc1ccc(S(=O)(=O)NC(=O)[C@@](C)(O)C(C)C)cc1. The van der Waals surface area contributed by atoms with Crippen LogP contribution in [0, 0.1) is 12.8 Å². The first-order valence-corrected chi connectivity index (χ1v) is 7.42. The summed E-state index contributed by atoms with van der Waals surface area (Å²) in [5, 5.41) is 9.94. The molecule has 0 aliphatic rings. The standard InChI is InChI=1S/C13H19NO4S/c1-9(2)13(4,16)12(15)14-19(17,18)11-7-5-10(3)6-8-11/h5-9,16H,1-4H3,(H,14,15)/t13-/m0/s1. The summed E-state index contributed by atoms with van der Waals surface area (Å²) in [7, 11) is -3.95. The molecule has 2 N–H and O–H groups in total. The zero-order valence-electron chi connectivity index (χ0n) is 11.5. The molecule has 0 bridgehead atoms. The molecule has 0 saturated carbocycles. The van der Waals surface area contributed by atoms with Gasteiger partial charge in [-0.1, -0.05) is 31.5 Å².